The van der Waals surface area contributed by atoms with Crippen LogP contribution in [0, 0.1) is 3.57 Å². The Hall–Kier alpha value is -4.84. The van der Waals surface area contributed by atoms with Gasteiger partial charge in [0.25, 0.3) is 11.8 Å². The SMILES string of the molecule is COc1cc(/C=C2\C(=O)NC(=O)N(c3cc4c5c(c3)[C@@H](c3ccccc3)CCN5CC[C@@H]4c3ccccc3)C2=O)cc(I)c1OCc1ccc(Cl)cc1Cl. The molecule has 2 atom stereocenters. The molecular weight excluding hydrogens is 836 g/mol. The molecule has 5 aromatic rings. The molecule has 272 valence electrons. The van der Waals surface area contributed by atoms with Crippen LogP contribution in [0.15, 0.2) is 109 Å². The third-order valence-electron chi connectivity index (χ3n) is 10.3. The Bertz CT molecular complexity index is 2260. The minimum atomic E-state index is -0.790. The summed E-state index contributed by atoms with van der Waals surface area (Å²) in [5, 5.41) is 3.43. The topological polar surface area (TPSA) is 88.2 Å². The van der Waals surface area contributed by atoms with Gasteiger partial charge in [0.05, 0.1) is 16.4 Å². The number of benzene rings is 5. The Morgan fingerprint density at radius 1 is 0.833 bits per heavy atom. The zero-order valence-corrected chi connectivity index (χ0v) is 32.8. The zero-order chi connectivity index (χ0) is 37.5. The Morgan fingerprint density at radius 2 is 1.46 bits per heavy atom. The largest absolute Gasteiger partial charge is 0.493 e. The smallest absolute Gasteiger partial charge is 0.335 e. The van der Waals surface area contributed by atoms with E-state index < -0.39 is 17.8 Å². The number of rotatable bonds is 8. The van der Waals surface area contributed by atoms with Crippen molar-refractivity contribution in [1.82, 2.24) is 5.32 Å². The summed E-state index contributed by atoms with van der Waals surface area (Å²) in [5.41, 5.74) is 7.16. The molecule has 0 saturated carbocycles. The van der Waals surface area contributed by atoms with Crippen LogP contribution in [0.1, 0.15) is 58.1 Å². The van der Waals surface area contributed by atoms with Crippen molar-refractivity contribution in [2.24, 2.45) is 0 Å². The van der Waals surface area contributed by atoms with Crippen molar-refractivity contribution in [3.05, 3.63) is 156 Å². The number of urea groups is 1. The van der Waals surface area contributed by atoms with Crippen LogP contribution in [0.2, 0.25) is 10.0 Å². The Morgan fingerprint density at radius 3 is 2.06 bits per heavy atom. The Kier molecular flexibility index (Phi) is 10.1. The lowest BCUT2D eigenvalue weighted by Crippen LogP contribution is -2.54. The second kappa shape index (κ2) is 15.1. The van der Waals surface area contributed by atoms with Gasteiger partial charge in [-0.1, -0.05) is 89.9 Å². The van der Waals surface area contributed by atoms with Gasteiger partial charge in [-0.3, -0.25) is 14.9 Å². The van der Waals surface area contributed by atoms with Crippen LogP contribution in [-0.4, -0.2) is 38.0 Å². The van der Waals surface area contributed by atoms with Crippen molar-refractivity contribution < 1.29 is 23.9 Å². The summed E-state index contributed by atoms with van der Waals surface area (Å²) >= 11 is 14.5. The summed E-state index contributed by atoms with van der Waals surface area (Å²) in [6.45, 7) is 1.98. The van der Waals surface area contributed by atoms with Gasteiger partial charge in [0.2, 0.25) is 0 Å². The molecule has 3 heterocycles. The lowest BCUT2D eigenvalue weighted by Gasteiger charge is -2.44. The molecule has 11 heteroatoms. The molecule has 0 aliphatic carbocycles. The summed E-state index contributed by atoms with van der Waals surface area (Å²) in [6.07, 6.45) is 3.27. The number of carbonyl (C=O) groups is 3. The first kappa shape index (κ1) is 36.2. The van der Waals surface area contributed by atoms with Gasteiger partial charge < -0.3 is 14.4 Å². The predicted octanol–water partition coefficient (Wildman–Crippen LogP) is 9.73. The molecule has 54 heavy (non-hydrogen) atoms. The fourth-order valence-corrected chi connectivity index (χ4v) is 9.02. The number of amides is 4. The van der Waals surface area contributed by atoms with Crippen molar-refractivity contribution in [3.63, 3.8) is 0 Å². The molecule has 3 aliphatic heterocycles. The average molecular weight is 871 g/mol. The van der Waals surface area contributed by atoms with Gasteiger partial charge in [-0.25, -0.2) is 9.69 Å². The third kappa shape index (κ3) is 6.85. The van der Waals surface area contributed by atoms with Gasteiger partial charge in [0, 0.05) is 46.2 Å². The molecule has 3 aliphatic rings. The quantitative estimate of drug-likeness (QED) is 0.0950. The number of ether oxygens (including phenoxy) is 2. The first-order valence-corrected chi connectivity index (χ1v) is 19.4. The van der Waals surface area contributed by atoms with E-state index in [1.54, 1.807) is 30.3 Å². The standard InChI is InChI=1S/C43H34Cl2IN3O5/c1-53-38-20-25(19-37(46)40(38)54-24-28-12-13-29(44)21-36(28)45)18-35-41(50)47-43(52)49(42(35)51)30-22-33-31(26-8-4-2-5-9-26)14-16-48-17-15-32(34(23-30)39(33)48)27-10-6-3-7-11-27/h2-13,18-23,31-32H,14-17,24H2,1H3,(H,47,50,52)/b35-18+/t31-,32-/m1/s1. The van der Waals surface area contributed by atoms with Crippen molar-refractivity contribution in [3.8, 4) is 11.5 Å². The maximum atomic E-state index is 14.4. The molecule has 1 saturated heterocycles. The van der Waals surface area contributed by atoms with Crippen molar-refractivity contribution in [2.75, 3.05) is 30.0 Å². The van der Waals surface area contributed by atoms with E-state index in [0.717, 1.165) is 53.2 Å². The Balaban J connectivity index is 1.18. The molecule has 4 amide bonds. The summed E-state index contributed by atoms with van der Waals surface area (Å²) in [5.74, 6) is -0.484. The van der Waals surface area contributed by atoms with Crippen LogP contribution in [-0.2, 0) is 16.2 Å². The van der Waals surface area contributed by atoms with Gasteiger partial charge in [-0.15, -0.1) is 0 Å². The summed E-state index contributed by atoms with van der Waals surface area (Å²) in [4.78, 5) is 45.0. The summed E-state index contributed by atoms with van der Waals surface area (Å²) in [7, 11) is 1.51. The number of anilines is 2. The molecule has 1 fully saturated rings. The van der Waals surface area contributed by atoms with E-state index in [9.17, 15) is 14.4 Å². The summed E-state index contributed by atoms with van der Waals surface area (Å²) in [6, 6.07) is 32.5. The van der Waals surface area contributed by atoms with Crippen LogP contribution in [0.4, 0.5) is 16.2 Å². The van der Waals surface area contributed by atoms with Crippen molar-refractivity contribution >= 4 is 81.1 Å². The highest BCUT2D eigenvalue weighted by molar-refractivity contribution is 14.1. The monoisotopic (exact) mass is 869 g/mol. The maximum Gasteiger partial charge on any atom is 0.335 e. The number of barbiturate groups is 1. The number of hydrogen-bond donors (Lipinski definition) is 1. The van der Waals surface area contributed by atoms with Gasteiger partial charge in [-0.2, -0.15) is 0 Å². The molecule has 8 nitrogen and oxygen atoms in total. The molecular formula is C43H34Cl2IN3O5. The highest BCUT2D eigenvalue weighted by Crippen LogP contribution is 2.50. The van der Waals surface area contributed by atoms with Gasteiger partial charge in [0.15, 0.2) is 11.5 Å². The van der Waals surface area contributed by atoms with Crippen LogP contribution in [0.25, 0.3) is 6.08 Å². The van der Waals surface area contributed by atoms with E-state index in [-0.39, 0.29) is 24.0 Å². The molecule has 0 spiro atoms. The van der Waals surface area contributed by atoms with Gasteiger partial charge in [0.1, 0.15) is 12.2 Å². The minimum absolute atomic E-state index is 0.0660. The molecule has 0 unspecified atom stereocenters. The number of carbonyl (C=O) groups excluding carboxylic acids is 3. The molecule has 1 N–H and O–H groups in total. The van der Waals surface area contributed by atoms with E-state index in [0.29, 0.717) is 36.4 Å². The molecule has 8 rings (SSSR count). The van der Waals surface area contributed by atoms with Crippen LogP contribution in [0.5, 0.6) is 11.5 Å². The third-order valence-corrected chi connectivity index (χ3v) is 11.7. The first-order valence-electron chi connectivity index (χ1n) is 17.6. The van der Waals surface area contributed by atoms with Crippen LogP contribution in [0.3, 0.4) is 0 Å². The highest BCUT2D eigenvalue weighted by Gasteiger charge is 2.40. The van der Waals surface area contributed by atoms with E-state index in [1.807, 2.05) is 48.5 Å². The molecule has 0 aromatic heterocycles. The first-order chi connectivity index (χ1) is 26.2. The summed E-state index contributed by atoms with van der Waals surface area (Å²) < 4.78 is 12.5. The van der Waals surface area contributed by atoms with E-state index in [4.69, 9.17) is 32.7 Å². The number of nitrogens with zero attached hydrogens (tertiary/aromatic N) is 2. The average Bonchev–Trinajstić information content (AvgIpc) is 3.17. The zero-order valence-electron chi connectivity index (χ0n) is 29.2. The fourth-order valence-electron chi connectivity index (χ4n) is 7.78. The van der Waals surface area contributed by atoms with Gasteiger partial charge >= 0.3 is 6.03 Å². The maximum absolute atomic E-state index is 14.4. The number of hydrogen-bond acceptors (Lipinski definition) is 6. The van der Waals surface area contributed by atoms with Gasteiger partial charge in [-0.05, 0) is 106 Å². The number of nitrogens with one attached hydrogen (secondary N) is 1. The Labute approximate surface area is 336 Å². The lowest BCUT2D eigenvalue weighted by atomic mass is 9.76. The second-order valence-corrected chi connectivity index (χ2v) is 15.5. The van der Waals surface area contributed by atoms with E-state index in [1.165, 1.54) is 24.3 Å². The predicted molar refractivity (Wildman–Crippen MR) is 220 cm³/mol. The minimum Gasteiger partial charge on any atom is -0.493 e. The molecule has 0 bridgehead atoms. The fraction of sp³-hybridized carbons (Fsp3) is 0.186. The van der Waals surface area contributed by atoms with Crippen molar-refractivity contribution in [2.45, 2.75) is 31.3 Å². The molecule has 5 aromatic carbocycles. The second-order valence-electron chi connectivity index (χ2n) is 13.5. The number of methoxy groups -OCH3 is 1. The van der Waals surface area contributed by atoms with E-state index in [2.05, 4.69) is 57.1 Å². The van der Waals surface area contributed by atoms with Crippen molar-refractivity contribution in [1.29, 1.82) is 0 Å². The highest BCUT2D eigenvalue weighted by atomic mass is 127. The lowest BCUT2D eigenvalue weighted by molar-refractivity contribution is -0.122. The van der Waals surface area contributed by atoms with Crippen LogP contribution >= 0.6 is 45.8 Å². The van der Waals surface area contributed by atoms with E-state index >= 15 is 0 Å². The molecule has 0 radical (unpaired) electrons. The number of imide groups is 2. The van der Waals surface area contributed by atoms with Crippen LogP contribution < -0.4 is 24.6 Å². The number of halogens is 3. The normalized spacial score (nSPS) is 18.7.